The summed E-state index contributed by atoms with van der Waals surface area (Å²) in [5.74, 6) is 0. The molecule has 2 nitrogen and oxygen atoms in total. The molecule has 1 aliphatic rings. The molecule has 0 aromatic carbocycles. The molecule has 1 unspecified atom stereocenters. The molecule has 0 spiro atoms. The first kappa shape index (κ1) is 14.0. The van der Waals surface area contributed by atoms with Crippen LogP contribution in [0.2, 0.25) is 0 Å². The Balaban J connectivity index is 2.10. The standard InChI is InChI=1S/C14H28O2/c1-14-12-10-8-6-4-2-3-5-7-9-11-13-15-16-14/h14H,2-13H2,1H3. The minimum Gasteiger partial charge on any atom is -0.236 e. The molecule has 1 fully saturated rings. The Labute approximate surface area is 101 Å². The lowest BCUT2D eigenvalue weighted by atomic mass is 10.1. The average molecular weight is 228 g/mol. The van der Waals surface area contributed by atoms with E-state index < -0.39 is 0 Å². The van der Waals surface area contributed by atoms with Gasteiger partial charge in [-0.2, -0.15) is 0 Å². The maximum Gasteiger partial charge on any atom is 0.0901 e. The Morgan fingerprint density at radius 1 is 0.688 bits per heavy atom. The smallest absolute Gasteiger partial charge is 0.0901 e. The van der Waals surface area contributed by atoms with Gasteiger partial charge in [-0.1, -0.05) is 57.8 Å². The molecule has 0 amide bonds. The number of hydrogen-bond donors (Lipinski definition) is 0. The van der Waals surface area contributed by atoms with Crippen molar-refractivity contribution < 1.29 is 9.78 Å². The van der Waals surface area contributed by atoms with Crippen molar-refractivity contribution in [2.24, 2.45) is 0 Å². The van der Waals surface area contributed by atoms with Gasteiger partial charge in [0, 0.05) is 0 Å². The Hall–Kier alpha value is -0.0800. The third-order valence-corrected chi connectivity index (χ3v) is 3.32. The first-order chi connectivity index (χ1) is 7.89. The molecule has 1 rings (SSSR count). The molecule has 0 aliphatic carbocycles. The van der Waals surface area contributed by atoms with Crippen molar-refractivity contribution in [2.75, 3.05) is 6.61 Å². The largest absolute Gasteiger partial charge is 0.236 e. The highest BCUT2D eigenvalue weighted by atomic mass is 17.2. The zero-order valence-electron chi connectivity index (χ0n) is 10.9. The third kappa shape index (κ3) is 8.12. The van der Waals surface area contributed by atoms with Gasteiger partial charge in [0.2, 0.25) is 0 Å². The van der Waals surface area contributed by atoms with Crippen molar-refractivity contribution >= 4 is 0 Å². The van der Waals surface area contributed by atoms with E-state index in [0.29, 0.717) is 0 Å². The van der Waals surface area contributed by atoms with Crippen molar-refractivity contribution in [2.45, 2.75) is 83.7 Å². The van der Waals surface area contributed by atoms with Crippen molar-refractivity contribution in [1.82, 2.24) is 0 Å². The molecule has 1 saturated heterocycles. The lowest BCUT2D eigenvalue weighted by Gasteiger charge is -2.11. The fraction of sp³-hybridized carbons (Fsp3) is 1.00. The lowest BCUT2D eigenvalue weighted by molar-refractivity contribution is -0.322. The highest BCUT2D eigenvalue weighted by Gasteiger charge is 2.03. The molecule has 1 heterocycles. The van der Waals surface area contributed by atoms with Crippen molar-refractivity contribution in [1.29, 1.82) is 0 Å². The Kier molecular flexibility index (Phi) is 8.83. The van der Waals surface area contributed by atoms with Crippen LogP contribution < -0.4 is 0 Å². The van der Waals surface area contributed by atoms with Crippen LogP contribution in [-0.2, 0) is 9.78 Å². The SMILES string of the molecule is CC1CCCCCCCCCCCCOO1. The summed E-state index contributed by atoms with van der Waals surface area (Å²) in [5, 5.41) is 0. The van der Waals surface area contributed by atoms with Crippen LogP contribution in [-0.4, -0.2) is 12.7 Å². The third-order valence-electron chi connectivity index (χ3n) is 3.32. The van der Waals surface area contributed by atoms with Gasteiger partial charge in [-0.15, -0.1) is 0 Å². The minimum absolute atomic E-state index is 0.269. The van der Waals surface area contributed by atoms with Gasteiger partial charge in [0.25, 0.3) is 0 Å². The number of hydrogen-bond acceptors (Lipinski definition) is 2. The molecule has 96 valence electrons. The highest BCUT2D eigenvalue weighted by molar-refractivity contribution is 4.52. The summed E-state index contributed by atoms with van der Waals surface area (Å²) in [5.41, 5.74) is 0. The van der Waals surface area contributed by atoms with E-state index in [2.05, 4.69) is 6.92 Å². The fourth-order valence-electron chi connectivity index (χ4n) is 2.22. The fourth-order valence-corrected chi connectivity index (χ4v) is 2.22. The highest BCUT2D eigenvalue weighted by Crippen LogP contribution is 2.13. The molecule has 0 aromatic heterocycles. The van der Waals surface area contributed by atoms with Crippen LogP contribution >= 0.6 is 0 Å². The molecule has 1 aliphatic heterocycles. The zero-order chi connectivity index (χ0) is 11.5. The molecule has 16 heavy (non-hydrogen) atoms. The predicted molar refractivity (Wildman–Crippen MR) is 67.3 cm³/mol. The molecule has 0 aromatic rings. The van der Waals surface area contributed by atoms with Crippen LogP contribution in [0.5, 0.6) is 0 Å². The maximum atomic E-state index is 5.32. The summed E-state index contributed by atoms with van der Waals surface area (Å²) >= 11 is 0. The van der Waals surface area contributed by atoms with Crippen LogP contribution in [0.25, 0.3) is 0 Å². The molecule has 0 N–H and O–H groups in total. The van der Waals surface area contributed by atoms with Crippen molar-refractivity contribution in [3.05, 3.63) is 0 Å². The second kappa shape index (κ2) is 10.1. The molecule has 2 heteroatoms. The topological polar surface area (TPSA) is 18.5 Å². The quantitative estimate of drug-likeness (QED) is 0.563. The first-order valence-corrected chi connectivity index (χ1v) is 7.18. The van der Waals surface area contributed by atoms with Gasteiger partial charge in [0.1, 0.15) is 0 Å². The van der Waals surface area contributed by atoms with E-state index in [1.807, 2.05) is 0 Å². The maximum absolute atomic E-state index is 5.32. The van der Waals surface area contributed by atoms with E-state index in [9.17, 15) is 0 Å². The molecule has 0 radical (unpaired) electrons. The van der Waals surface area contributed by atoms with Crippen LogP contribution in [0.1, 0.15) is 77.6 Å². The summed E-state index contributed by atoms with van der Waals surface area (Å²) in [4.78, 5) is 10.5. The summed E-state index contributed by atoms with van der Waals surface area (Å²) in [6.07, 6.45) is 14.9. The lowest BCUT2D eigenvalue weighted by Crippen LogP contribution is -2.09. The molecule has 0 saturated carbocycles. The van der Waals surface area contributed by atoms with Crippen LogP contribution in [0.4, 0.5) is 0 Å². The van der Waals surface area contributed by atoms with Crippen molar-refractivity contribution in [3.63, 3.8) is 0 Å². The van der Waals surface area contributed by atoms with E-state index in [1.54, 1.807) is 0 Å². The Morgan fingerprint density at radius 2 is 1.19 bits per heavy atom. The Morgan fingerprint density at radius 3 is 1.81 bits per heavy atom. The van der Waals surface area contributed by atoms with Gasteiger partial charge in [-0.3, -0.25) is 0 Å². The Bertz CT molecular complexity index is 132. The molecule has 1 atom stereocenters. The van der Waals surface area contributed by atoms with Gasteiger partial charge in [0.05, 0.1) is 12.7 Å². The monoisotopic (exact) mass is 228 g/mol. The second-order valence-corrected chi connectivity index (χ2v) is 5.05. The average Bonchev–Trinajstić information content (AvgIpc) is 2.29. The van der Waals surface area contributed by atoms with E-state index in [0.717, 1.165) is 19.4 Å². The summed E-state index contributed by atoms with van der Waals surface area (Å²) in [6.45, 7) is 2.88. The predicted octanol–water partition coefficient (Wildman–Crippen LogP) is 4.63. The van der Waals surface area contributed by atoms with Gasteiger partial charge in [-0.05, 0) is 19.8 Å². The van der Waals surface area contributed by atoms with Gasteiger partial charge in [-0.25, -0.2) is 9.78 Å². The van der Waals surface area contributed by atoms with E-state index >= 15 is 0 Å². The van der Waals surface area contributed by atoms with Crippen LogP contribution in [0.3, 0.4) is 0 Å². The summed E-state index contributed by atoms with van der Waals surface area (Å²) in [7, 11) is 0. The van der Waals surface area contributed by atoms with Gasteiger partial charge < -0.3 is 0 Å². The minimum atomic E-state index is 0.269. The van der Waals surface area contributed by atoms with E-state index in [-0.39, 0.29) is 6.10 Å². The molecular weight excluding hydrogens is 200 g/mol. The summed E-state index contributed by atoms with van der Waals surface area (Å²) < 4.78 is 0. The van der Waals surface area contributed by atoms with Crippen LogP contribution in [0, 0.1) is 0 Å². The normalized spacial score (nSPS) is 27.9. The zero-order valence-corrected chi connectivity index (χ0v) is 10.9. The van der Waals surface area contributed by atoms with Gasteiger partial charge >= 0.3 is 0 Å². The van der Waals surface area contributed by atoms with E-state index in [1.165, 1.54) is 57.8 Å². The van der Waals surface area contributed by atoms with Crippen molar-refractivity contribution in [3.8, 4) is 0 Å². The molecule has 0 bridgehead atoms. The van der Waals surface area contributed by atoms with Crippen LogP contribution in [0.15, 0.2) is 0 Å². The van der Waals surface area contributed by atoms with E-state index in [4.69, 9.17) is 9.78 Å². The molecular formula is C14H28O2. The first-order valence-electron chi connectivity index (χ1n) is 7.18. The second-order valence-electron chi connectivity index (χ2n) is 5.05. The summed E-state index contributed by atoms with van der Waals surface area (Å²) in [6, 6.07) is 0. The number of rotatable bonds is 0. The van der Waals surface area contributed by atoms with Gasteiger partial charge in [0.15, 0.2) is 0 Å².